The summed E-state index contributed by atoms with van der Waals surface area (Å²) < 4.78 is 0. The molecule has 0 heterocycles. The van der Waals surface area contributed by atoms with Crippen molar-refractivity contribution in [2.24, 2.45) is 0 Å². The SMILES string of the molecule is CC=C(C=C(C)C=CCCC)CCC. The van der Waals surface area contributed by atoms with Crippen LogP contribution in [0.25, 0.3) is 0 Å². The third-order valence-corrected chi connectivity index (χ3v) is 2.16. The van der Waals surface area contributed by atoms with Crippen LogP contribution in [0.1, 0.15) is 53.4 Å². The first-order valence-electron chi connectivity index (χ1n) is 5.74. The summed E-state index contributed by atoms with van der Waals surface area (Å²) >= 11 is 0. The van der Waals surface area contributed by atoms with E-state index in [4.69, 9.17) is 0 Å². The smallest absolute Gasteiger partial charge is 0.0285 e. The van der Waals surface area contributed by atoms with Gasteiger partial charge >= 0.3 is 0 Å². The molecular formula is C14H24. The Kier molecular flexibility index (Phi) is 8.31. The third-order valence-electron chi connectivity index (χ3n) is 2.16. The van der Waals surface area contributed by atoms with Crippen molar-refractivity contribution in [2.45, 2.75) is 53.4 Å². The van der Waals surface area contributed by atoms with Crippen LogP contribution >= 0.6 is 0 Å². The summed E-state index contributed by atoms with van der Waals surface area (Å²) in [5.41, 5.74) is 2.81. The zero-order valence-corrected chi connectivity index (χ0v) is 10.1. The first-order valence-corrected chi connectivity index (χ1v) is 5.74. The van der Waals surface area contributed by atoms with Crippen LogP contribution in [0.4, 0.5) is 0 Å². The maximum Gasteiger partial charge on any atom is -0.0285 e. The average Bonchev–Trinajstić information content (AvgIpc) is 2.17. The van der Waals surface area contributed by atoms with Crippen molar-refractivity contribution in [3.05, 3.63) is 35.5 Å². The molecule has 0 nitrogen and oxygen atoms in total. The lowest BCUT2D eigenvalue weighted by molar-refractivity contribution is 0.922. The monoisotopic (exact) mass is 192 g/mol. The summed E-state index contributed by atoms with van der Waals surface area (Å²) in [5, 5.41) is 0. The second-order valence-electron chi connectivity index (χ2n) is 3.69. The number of hydrogen-bond donors (Lipinski definition) is 0. The van der Waals surface area contributed by atoms with Gasteiger partial charge in [-0.3, -0.25) is 0 Å². The fraction of sp³-hybridized carbons (Fsp3) is 0.571. The molecule has 0 atom stereocenters. The van der Waals surface area contributed by atoms with Crippen molar-refractivity contribution in [3.63, 3.8) is 0 Å². The molecule has 0 aliphatic heterocycles. The molecule has 0 aromatic carbocycles. The van der Waals surface area contributed by atoms with Crippen LogP contribution in [0.2, 0.25) is 0 Å². The minimum absolute atomic E-state index is 1.18. The van der Waals surface area contributed by atoms with Crippen LogP contribution in [-0.2, 0) is 0 Å². The Morgan fingerprint density at radius 3 is 2.36 bits per heavy atom. The van der Waals surface area contributed by atoms with Gasteiger partial charge in [0.05, 0.1) is 0 Å². The van der Waals surface area contributed by atoms with Crippen LogP contribution in [0.5, 0.6) is 0 Å². The Morgan fingerprint density at radius 2 is 1.86 bits per heavy atom. The van der Waals surface area contributed by atoms with Crippen LogP contribution < -0.4 is 0 Å². The molecule has 0 saturated carbocycles. The lowest BCUT2D eigenvalue weighted by atomic mass is 10.1. The van der Waals surface area contributed by atoms with Gasteiger partial charge < -0.3 is 0 Å². The van der Waals surface area contributed by atoms with Gasteiger partial charge in [-0.05, 0) is 26.7 Å². The van der Waals surface area contributed by atoms with E-state index < -0.39 is 0 Å². The molecule has 14 heavy (non-hydrogen) atoms. The standard InChI is InChI=1S/C14H24/c1-5-8-9-11-13(4)12-14(7-3)10-6-2/h7,9,11-12H,5-6,8,10H2,1-4H3. The van der Waals surface area contributed by atoms with Gasteiger partial charge in [-0.15, -0.1) is 0 Å². The van der Waals surface area contributed by atoms with Gasteiger partial charge in [0.1, 0.15) is 0 Å². The predicted octanol–water partition coefficient (Wildman–Crippen LogP) is 5.04. The largest absolute Gasteiger partial charge is 0.0844 e. The second kappa shape index (κ2) is 8.80. The van der Waals surface area contributed by atoms with Crippen molar-refractivity contribution in [2.75, 3.05) is 0 Å². The average molecular weight is 192 g/mol. The lowest BCUT2D eigenvalue weighted by Gasteiger charge is -1.99. The minimum atomic E-state index is 1.18. The van der Waals surface area contributed by atoms with Crippen molar-refractivity contribution in [1.29, 1.82) is 0 Å². The molecule has 0 saturated heterocycles. The molecule has 0 amide bonds. The van der Waals surface area contributed by atoms with E-state index in [1.54, 1.807) is 0 Å². The Bertz CT molecular complexity index is 216. The van der Waals surface area contributed by atoms with Crippen molar-refractivity contribution >= 4 is 0 Å². The normalized spacial score (nSPS) is 14.0. The molecule has 0 rings (SSSR count). The molecule has 0 aliphatic carbocycles. The highest BCUT2D eigenvalue weighted by molar-refractivity contribution is 5.28. The lowest BCUT2D eigenvalue weighted by Crippen LogP contribution is -1.79. The van der Waals surface area contributed by atoms with Gasteiger partial charge in [-0.25, -0.2) is 0 Å². The summed E-state index contributed by atoms with van der Waals surface area (Å²) in [5.74, 6) is 0. The molecule has 0 fully saturated rings. The molecule has 0 N–H and O–H groups in total. The van der Waals surface area contributed by atoms with E-state index in [9.17, 15) is 0 Å². The summed E-state index contributed by atoms with van der Waals surface area (Å²) in [6, 6.07) is 0. The van der Waals surface area contributed by atoms with Crippen molar-refractivity contribution < 1.29 is 0 Å². The van der Waals surface area contributed by atoms with Gasteiger partial charge in [-0.1, -0.05) is 62.1 Å². The highest BCUT2D eigenvalue weighted by Gasteiger charge is 1.90. The molecule has 0 unspecified atom stereocenters. The fourth-order valence-electron chi connectivity index (χ4n) is 1.36. The van der Waals surface area contributed by atoms with E-state index >= 15 is 0 Å². The van der Waals surface area contributed by atoms with E-state index in [-0.39, 0.29) is 0 Å². The van der Waals surface area contributed by atoms with Gasteiger partial charge in [0.15, 0.2) is 0 Å². The molecule has 0 spiro atoms. The van der Waals surface area contributed by atoms with Crippen LogP contribution in [-0.4, -0.2) is 0 Å². The maximum atomic E-state index is 2.29. The fourth-order valence-corrected chi connectivity index (χ4v) is 1.36. The van der Waals surface area contributed by atoms with Crippen LogP contribution in [0.15, 0.2) is 35.5 Å². The highest BCUT2D eigenvalue weighted by atomic mass is 14.0. The molecule has 80 valence electrons. The number of hydrogen-bond acceptors (Lipinski definition) is 0. The number of unbranched alkanes of at least 4 members (excludes halogenated alkanes) is 1. The summed E-state index contributed by atoms with van der Waals surface area (Å²) in [6.45, 7) is 8.72. The minimum Gasteiger partial charge on any atom is -0.0844 e. The van der Waals surface area contributed by atoms with Crippen molar-refractivity contribution in [3.8, 4) is 0 Å². The maximum absolute atomic E-state index is 2.29. The van der Waals surface area contributed by atoms with Crippen molar-refractivity contribution in [1.82, 2.24) is 0 Å². The number of rotatable bonds is 6. The summed E-state index contributed by atoms with van der Waals surface area (Å²) in [7, 11) is 0. The summed E-state index contributed by atoms with van der Waals surface area (Å²) in [4.78, 5) is 0. The Morgan fingerprint density at radius 1 is 1.14 bits per heavy atom. The molecule has 0 bridgehead atoms. The zero-order valence-electron chi connectivity index (χ0n) is 10.1. The highest BCUT2D eigenvalue weighted by Crippen LogP contribution is 2.10. The molecular weight excluding hydrogens is 168 g/mol. The topological polar surface area (TPSA) is 0 Å². The Balaban J connectivity index is 4.19. The molecule has 0 heteroatoms. The van der Waals surface area contributed by atoms with Crippen LogP contribution in [0, 0.1) is 0 Å². The molecule has 0 aromatic heterocycles. The van der Waals surface area contributed by atoms with Crippen LogP contribution in [0.3, 0.4) is 0 Å². The first kappa shape index (κ1) is 13.2. The van der Waals surface area contributed by atoms with E-state index in [0.29, 0.717) is 0 Å². The summed E-state index contributed by atoms with van der Waals surface area (Å²) in [6.07, 6.45) is 13.8. The van der Waals surface area contributed by atoms with E-state index in [1.165, 1.54) is 36.8 Å². The quantitative estimate of drug-likeness (QED) is 0.517. The Hall–Kier alpha value is -0.780. The second-order valence-corrected chi connectivity index (χ2v) is 3.69. The molecule has 0 aromatic rings. The number of allylic oxidation sites excluding steroid dienone is 6. The molecule has 0 aliphatic rings. The zero-order chi connectivity index (χ0) is 10.8. The first-order chi connectivity index (χ1) is 6.74. The van der Waals surface area contributed by atoms with Gasteiger partial charge in [0, 0.05) is 0 Å². The van der Waals surface area contributed by atoms with Gasteiger partial charge in [-0.2, -0.15) is 0 Å². The molecule has 0 radical (unpaired) electrons. The van der Waals surface area contributed by atoms with E-state index in [0.717, 1.165) is 0 Å². The van der Waals surface area contributed by atoms with Gasteiger partial charge in [0.2, 0.25) is 0 Å². The predicted molar refractivity (Wildman–Crippen MR) is 66.5 cm³/mol. The van der Waals surface area contributed by atoms with E-state index in [2.05, 4.69) is 52.0 Å². The third kappa shape index (κ3) is 6.71. The Labute approximate surface area is 89.4 Å². The van der Waals surface area contributed by atoms with E-state index in [1.807, 2.05) is 0 Å². The van der Waals surface area contributed by atoms with Gasteiger partial charge in [0.25, 0.3) is 0 Å².